The van der Waals surface area contributed by atoms with E-state index in [9.17, 15) is 0 Å². The summed E-state index contributed by atoms with van der Waals surface area (Å²) in [4.78, 5) is 0. The summed E-state index contributed by atoms with van der Waals surface area (Å²) in [6.45, 7) is 13.3. The van der Waals surface area contributed by atoms with E-state index < -0.39 is 0 Å². The molecule has 3 heteroatoms. The molecule has 0 spiro atoms. The molecule has 0 fully saturated rings. The molecular weight excluding hydrogens is 402 g/mol. The van der Waals surface area contributed by atoms with Crippen molar-refractivity contribution in [2.45, 2.75) is 54.4 Å². The molecule has 2 aliphatic carbocycles. The van der Waals surface area contributed by atoms with Gasteiger partial charge in [-0.1, -0.05) is 41.5 Å². The first-order valence-electron chi connectivity index (χ1n) is 6.77. The molecule has 0 radical (unpaired) electrons. The summed E-state index contributed by atoms with van der Waals surface area (Å²) in [6.07, 6.45) is 17.3. The quantitative estimate of drug-likeness (QED) is 0.353. The van der Waals surface area contributed by atoms with Crippen LogP contribution < -0.4 is 0 Å². The first kappa shape index (κ1) is 34.7. The van der Waals surface area contributed by atoms with Crippen LogP contribution in [0.5, 0.6) is 0 Å². The molecular formula is C20H34Cl2Zr. The van der Waals surface area contributed by atoms with E-state index >= 15 is 0 Å². The van der Waals surface area contributed by atoms with E-state index in [2.05, 4.69) is 78.0 Å². The Morgan fingerprint density at radius 3 is 1.04 bits per heavy atom. The fourth-order valence-electron chi connectivity index (χ4n) is 1.84. The molecule has 2 rings (SSSR count). The van der Waals surface area contributed by atoms with E-state index in [1.54, 1.807) is 0 Å². The van der Waals surface area contributed by atoms with Crippen LogP contribution in [0.15, 0.2) is 35.5 Å². The maximum atomic E-state index is 3.30. The van der Waals surface area contributed by atoms with E-state index in [4.69, 9.17) is 0 Å². The fourth-order valence-corrected chi connectivity index (χ4v) is 1.84. The second-order valence-corrected chi connectivity index (χ2v) is 6.89. The smallest absolute Gasteiger partial charge is 0.358 e. The normalized spacial score (nSPS) is 14.3. The molecule has 0 unspecified atom stereocenters. The van der Waals surface area contributed by atoms with Crippen molar-refractivity contribution in [3.63, 3.8) is 0 Å². The predicted molar refractivity (Wildman–Crippen MR) is 107 cm³/mol. The molecule has 0 aromatic carbocycles. The van der Waals surface area contributed by atoms with E-state index in [0.717, 1.165) is 12.8 Å². The maximum absolute atomic E-state index is 3.30. The largest absolute Gasteiger partial charge is 4.00 e. The molecule has 2 aliphatic rings. The van der Waals surface area contributed by atoms with Gasteiger partial charge < -0.3 is 14.9 Å². The third-order valence-corrected chi connectivity index (χ3v) is 3.01. The predicted octanol–water partition coefficient (Wildman–Crippen LogP) is 7.19. The van der Waals surface area contributed by atoms with Crippen molar-refractivity contribution >= 4 is 24.8 Å². The Labute approximate surface area is 177 Å². The molecule has 0 saturated heterocycles. The van der Waals surface area contributed by atoms with Gasteiger partial charge in [-0.3, -0.25) is 12.2 Å². The second-order valence-electron chi connectivity index (χ2n) is 6.89. The van der Waals surface area contributed by atoms with Gasteiger partial charge in [0.2, 0.25) is 0 Å². The van der Waals surface area contributed by atoms with Gasteiger partial charge in [0.1, 0.15) is 0 Å². The van der Waals surface area contributed by atoms with Crippen LogP contribution in [-0.2, 0) is 26.2 Å². The number of hydrogen-bond donors (Lipinski definition) is 0. The van der Waals surface area contributed by atoms with Crippen LogP contribution in [0.4, 0.5) is 0 Å². The zero-order chi connectivity index (χ0) is 13.8. The Kier molecular flexibility index (Phi) is 22.2. The number of rotatable bonds is 0. The van der Waals surface area contributed by atoms with Gasteiger partial charge in [-0.2, -0.15) is 12.2 Å². The molecule has 132 valence electrons. The minimum absolute atomic E-state index is 0. The summed E-state index contributed by atoms with van der Waals surface area (Å²) in [6, 6.07) is 0. The Hall–Kier alpha value is 0.423. The fraction of sp³-hybridized carbons (Fsp3) is 0.500. The Morgan fingerprint density at radius 2 is 0.957 bits per heavy atom. The molecule has 0 nitrogen and oxygen atoms in total. The molecule has 0 heterocycles. The molecule has 23 heavy (non-hydrogen) atoms. The van der Waals surface area contributed by atoms with Crippen molar-refractivity contribution in [1.29, 1.82) is 0 Å². The van der Waals surface area contributed by atoms with Crippen LogP contribution in [0.2, 0.25) is 0 Å². The Balaban J connectivity index is -0.0000000771. The standard InChI is InChI=1S/2C9H13.2CH3.2ClH.Zr/c2*1-9(2,3)8-6-4-5-7-8;;;;;/h2*4,6H,5H2,1-3H3;2*1H3;2*1H;/q4*-1;;;+4. The zero-order valence-corrected chi connectivity index (χ0v) is 20.1. The van der Waals surface area contributed by atoms with Crippen molar-refractivity contribution in [2.75, 3.05) is 0 Å². The summed E-state index contributed by atoms with van der Waals surface area (Å²) in [5.74, 6) is 0. The first-order valence-corrected chi connectivity index (χ1v) is 6.77. The molecule has 0 amide bonds. The van der Waals surface area contributed by atoms with Crippen LogP contribution in [0.25, 0.3) is 0 Å². The summed E-state index contributed by atoms with van der Waals surface area (Å²) >= 11 is 0. The van der Waals surface area contributed by atoms with Crippen molar-refractivity contribution in [2.24, 2.45) is 10.8 Å². The summed E-state index contributed by atoms with van der Waals surface area (Å²) in [5.41, 5.74) is 3.30. The summed E-state index contributed by atoms with van der Waals surface area (Å²) in [5, 5.41) is 0. The third kappa shape index (κ3) is 13.4. The minimum atomic E-state index is 0. The van der Waals surface area contributed by atoms with Gasteiger partial charge in [-0.05, 0) is 10.8 Å². The van der Waals surface area contributed by atoms with Crippen LogP contribution in [0.3, 0.4) is 0 Å². The molecule has 0 N–H and O–H groups in total. The summed E-state index contributed by atoms with van der Waals surface area (Å²) in [7, 11) is 0. The number of hydrogen-bond acceptors (Lipinski definition) is 0. The van der Waals surface area contributed by atoms with Crippen molar-refractivity contribution < 1.29 is 26.2 Å². The number of halogens is 2. The van der Waals surface area contributed by atoms with Gasteiger partial charge in [-0.25, -0.2) is 23.3 Å². The van der Waals surface area contributed by atoms with E-state index in [1.165, 1.54) is 11.1 Å². The van der Waals surface area contributed by atoms with Gasteiger partial charge >= 0.3 is 26.2 Å². The van der Waals surface area contributed by atoms with Gasteiger partial charge in [0.05, 0.1) is 0 Å². The van der Waals surface area contributed by atoms with Gasteiger partial charge in [-0.15, -0.1) is 37.7 Å². The molecule has 0 aromatic rings. The summed E-state index contributed by atoms with van der Waals surface area (Å²) < 4.78 is 0. The minimum Gasteiger partial charge on any atom is -0.358 e. The second kappa shape index (κ2) is 14.7. The average Bonchev–Trinajstić information content (AvgIpc) is 2.91. The van der Waals surface area contributed by atoms with E-state index in [0.29, 0.717) is 10.8 Å². The van der Waals surface area contributed by atoms with Gasteiger partial charge in [0.25, 0.3) is 0 Å². The van der Waals surface area contributed by atoms with E-state index in [1.807, 2.05) is 0 Å². The SMILES string of the molecule is CC(C)(C)C1=[C-]CC=C1.CC(C)(C)C1=[C-]CC=C1.Cl.Cl.[CH3-].[CH3-].[Zr+4]. The van der Waals surface area contributed by atoms with E-state index in [-0.39, 0.29) is 65.9 Å². The number of allylic oxidation sites excluding steroid dienone is 8. The van der Waals surface area contributed by atoms with Crippen molar-refractivity contribution in [3.8, 4) is 0 Å². The van der Waals surface area contributed by atoms with Crippen molar-refractivity contribution in [3.05, 3.63) is 62.5 Å². The van der Waals surface area contributed by atoms with Gasteiger partial charge in [0, 0.05) is 0 Å². The molecule has 0 bridgehead atoms. The van der Waals surface area contributed by atoms with Crippen LogP contribution in [0, 0.1) is 37.8 Å². The van der Waals surface area contributed by atoms with Crippen LogP contribution in [-0.4, -0.2) is 0 Å². The Morgan fingerprint density at radius 1 is 0.696 bits per heavy atom. The van der Waals surface area contributed by atoms with Gasteiger partial charge in [0.15, 0.2) is 0 Å². The zero-order valence-electron chi connectivity index (χ0n) is 16.0. The van der Waals surface area contributed by atoms with Crippen LogP contribution >= 0.6 is 24.8 Å². The molecule has 0 aliphatic heterocycles. The average molecular weight is 437 g/mol. The monoisotopic (exact) mass is 434 g/mol. The molecule has 0 atom stereocenters. The molecule has 0 aromatic heterocycles. The first-order chi connectivity index (χ1) is 8.21. The van der Waals surface area contributed by atoms with Crippen LogP contribution in [0.1, 0.15) is 54.4 Å². The van der Waals surface area contributed by atoms with Crippen molar-refractivity contribution in [1.82, 2.24) is 0 Å². The third-order valence-electron chi connectivity index (χ3n) is 3.01. The topological polar surface area (TPSA) is 0 Å². The Bertz CT molecular complexity index is 362. The maximum Gasteiger partial charge on any atom is 4.00 e. The molecule has 0 saturated carbocycles.